The molecule has 2 N–H and O–H groups in total. The number of aliphatic carboxylic acids is 1. The van der Waals surface area contributed by atoms with Crippen LogP contribution in [0.1, 0.15) is 17.9 Å². The Morgan fingerprint density at radius 1 is 1.53 bits per heavy atom. The van der Waals surface area contributed by atoms with Crippen molar-refractivity contribution in [3.05, 3.63) is 28.8 Å². The van der Waals surface area contributed by atoms with Crippen molar-refractivity contribution in [3.63, 3.8) is 0 Å². The maximum Gasteiger partial charge on any atom is 0.311 e. The van der Waals surface area contributed by atoms with Crippen LogP contribution in [0.15, 0.2) is 18.2 Å². The molecule has 1 amide bonds. The standard InChI is InChI=1S/C10H8ClNO3/c11-5-1-2-6-7(10(14)15)4-9(13)12-8(6)3-5/h1-3,7H,4H2,(H,12,13)(H,14,15). The van der Waals surface area contributed by atoms with Gasteiger partial charge < -0.3 is 10.4 Å². The van der Waals surface area contributed by atoms with Crippen LogP contribution >= 0.6 is 11.6 Å². The van der Waals surface area contributed by atoms with Gasteiger partial charge in [0.2, 0.25) is 5.91 Å². The highest BCUT2D eigenvalue weighted by atomic mass is 35.5. The van der Waals surface area contributed by atoms with Gasteiger partial charge in [0.25, 0.3) is 0 Å². The highest BCUT2D eigenvalue weighted by Crippen LogP contribution is 2.33. The summed E-state index contributed by atoms with van der Waals surface area (Å²) in [6, 6.07) is 4.81. The average Bonchev–Trinajstić information content (AvgIpc) is 2.15. The number of hydrogen-bond donors (Lipinski definition) is 2. The van der Waals surface area contributed by atoms with Crippen LogP contribution in [0.2, 0.25) is 5.02 Å². The maximum absolute atomic E-state index is 11.2. The van der Waals surface area contributed by atoms with Gasteiger partial charge in [0.1, 0.15) is 0 Å². The second-order valence-electron chi connectivity index (χ2n) is 3.37. The number of carboxylic acid groups (broad SMARTS) is 1. The Morgan fingerprint density at radius 3 is 2.93 bits per heavy atom. The zero-order valence-electron chi connectivity index (χ0n) is 7.66. The van der Waals surface area contributed by atoms with Crippen LogP contribution < -0.4 is 5.32 Å². The number of carbonyl (C=O) groups excluding carboxylic acids is 1. The van der Waals surface area contributed by atoms with E-state index >= 15 is 0 Å². The lowest BCUT2D eigenvalue weighted by Crippen LogP contribution is -2.27. The van der Waals surface area contributed by atoms with Crippen molar-refractivity contribution in [2.75, 3.05) is 5.32 Å². The lowest BCUT2D eigenvalue weighted by atomic mass is 9.91. The Kier molecular flexibility index (Phi) is 2.36. The topological polar surface area (TPSA) is 66.4 Å². The van der Waals surface area contributed by atoms with Gasteiger partial charge in [-0.2, -0.15) is 0 Å². The summed E-state index contributed by atoms with van der Waals surface area (Å²) in [5.74, 6) is -2.06. The number of carboxylic acids is 1. The highest BCUT2D eigenvalue weighted by molar-refractivity contribution is 6.31. The molecule has 4 nitrogen and oxygen atoms in total. The summed E-state index contributed by atoms with van der Waals surface area (Å²) in [4.78, 5) is 22.2. The van der Waals surface area contributed by atoms with E-state index in [1.807, 2.05) is 0 Å². The van der Waals surface area contributed by atoms with Crippen LogP contribution in [0.4, 0.5) is 5.69 Å². The summed E-state index contributed by atoms with van der Waals surface area (Å²) in [5.41, 5.74) is 1.10. The van der Waals surface area contributed by atoms with E-state index < -0.39 is 11.9 Å². The van der Waals surface area contributed by atoms with Gasteiger partial charge in [-0.15, -0.1) is 0 Å². The third-order valence-corrected chi connectivity index (χ3v) is 2.59. The smallest absolute Gasteiger partial charge is 0.311 e. The molecule has 0 saturated heterocycles. The first-order valence-corrected chi connectivity index (χ1v) is 4.78. The second kappa shape index (κ2) is 3.55. The lowest BCUT2D eigenvalue weighted by Gasteiger charge is -2.22. The molecule has 0 fully saturated rings. The van der Waals surface area contributed by atoms with Crippen LogP contribution in [0.25, 0.3) is 0 Å². The van der Waals surface area contributed by atoms with Crippen LogP contribution in [-0.2, 0) is 9.59 Å². The third-order valence-electron chi connectivity index (χ3n) is 2.35. The van der Waals surface area contributed by atoms with Crippen LogP contribution in [0, 0.1) is 0 Å². The van der Waals surface area contributed by atoms with Gasteiger partial charge in [0, 0.05) is 17.1 Å². The van der Waals surface area contributed by atoms with E-state index in [1.54, 1.807) is 18.2 Å². The second-order valence-corrected chi connectivity index (χ2v) is 3.81. The normalized spacial score (nSPS) is 19.3. The number of fused-ring (bicyclic) bond motifs is 1. The number of hydrogen-bond acceptors (Lipinski definition) is 2. The molecule has 1 aromatic rings. The Morgan fingerprint density at radius 2 is 2.27 bits per heavy atom. The Labute approximate surface area is 90.9 Å². The minimum Gasteiger partial charge on any atom is -0.481 e. The fourth-order valence-electron chi connectivity index (χ4n) is 1.66. The maximum atomic E-state index is 11.2. The molecular formula is C10H8ClNO3. The third kappa shape index (κ3) is 1.80. The SMILES string of the molecule is O=C1CC(C(=O)O)c2ccc(Cl)cc2N1. The van der Waals surface area contributed by atoms with E-state index in [-0.39, 0.29) is 12.3 Å². The molecule has 1 aliphatic rings. The first-order valence-electron chi connectivity index (χ1n) is 4.40. The van der Waals surface area contributed by atoms with Crippen molar-refractivity contribution >= 4 is 29.2 Å². The van der Waals surface area contributed by atoms with Gasteiger partial charge in [-0.05, 0) is 17.7 Å². The lowest BCUT2D eigenvalue weighted by molar-refractivity contribution is -0.140. The number of nitrogens with one attached hydrogen (secondary N) is 1. The molecule has 2 rings (SSSR count). The van der Waals surface area contributed by atoms with Gasteiger partial charge in [0.15, 0.2) is 0 Å². The van der Waals surface area contributed by atoms with E-state index in [9.17, 15) is 9.59 Å². The monoisotopic (exact) mass is 225 g/mol. The molecule has 5 heteroatoms. The van der Waals surface area contributed by atoms with E-state index in [1.165, 1.54) is 0 Å². The summed E-state index contributed by atoms with van der Waals surface area (Å²) in [6.45, 7) is 0. The minimum absolute atomic E-state index is 0.0238. The Bertz CT molecular complexity index is 444. The number of anilines is 1. The zero-order valence-corrected chi connectivity index (χ0v) is 8.41. The molecule has 0 aliphatic carbocycles. The van der Waals surface area contributed by atoms with Crippen LogP contribution in [0.5, 0.6) is 0 Å². The molecule has 78 valence electrons. The molecule has 0 bridgehead atoms. The summed E-state index contributed by atoms with van der Waals surface area (Å²) in [5, 5.41) is 12.0. The van der Waals surface area contributed by atoms with E-state index in [0.29, 0.717) is 16.3 Å². The van der Waals surface area contributed by atoms with Gasteiger partial charge in [-0.1, -0.05) is 17.7 Å². The summed E-state index contributed by atoms with van der Waals surface area (Å²) in [7, 11) is 0. The minimum atomic E-state index is -0.992. The number of carbonyl (C=O) groups is 2. The largest absolute Gasteiger partial charge is 0.481 e. The molecule has 1 unspecified atom stereocenters. The van der Waals surface area contributed by atoms with Gasteiger partial charge in [0.05, 0.1) is 5.92 Å². The first kappa shape index (κ1) is 9.98. The van der Waals surface area contributed by atoms with Gasteiger partial charge >= 0.3 is 5.97 Å². The van der Waals surface area contributed by atoms with Crippen molar-refractivity contribution in [1.29, 1.82) is 0 Å². The average molecular weight is 226 g/mol. The fraction of sp³-hybridized carbons (Fsp3) is 0.200. The fourth-order valence-corrected chi connectivity index (χ4v) is 1.83. The predicted octanol–water partition coefficient (Wildman–Crippen LogP) is 1.85. The number of amides is 1. The van der Waals surface area contributed by atoms with E-state index in [2.05, 4.69) is 5.32 Å². The van der Waals surface area contributed by atoms with Gasteiger partial charge in [-0.25, -0.2) is 0 Å². The van der Waals surface area contributed by atoms with Gasteiger partial charge in [-0.3, -0.25) is 9.59 Å². The molecule has 0 saturated carbocycles. The molecule has 1 atom stereocenters. The number of benzene rings is 1. The molecule has 15 heavy (non-hydrogen) atoms. The highest BCUT2D eigenvalue weighted by Gasteiger charge is 2.30. The molecule has 0 aromatic heterocycles. The zero-order chi connectivity index (χ0) is 11.0. The van der Waals surface area contributed by atoms with Crippen molar-refractivity contribution < 1.29 is 14.7 Å². The molecule has 1 heterocycles. The summed E-state index contributed by atoms with van der Waals surface area (Å²) >= 11 is 5.75. The quantitative estimate of drug-likeness (QED) is 0.767. The number of rotatable bonds is 1. The van der Waals surface area contributed by atoms with E-state index in [4.69, 9.17) is 16.7 Å². The first-order chi connectivity index (χ1) is 7.08. The Balaban J connectivity index is 2.51. The number of halogens is 1. The molecule has 1 aliphatic heterocycles. The molecule has 0 spiro atoms. The Hall–Kier alpha value is -1.55. The molecule has 1 aromatic carbocycles. The van der Waals surface area contributed by atoms with Crippen molar-refractivity contribution in [2.24, 2.45) is 0 Å². The molecular weight excluding hydrogens is 218 g/mol. The van der Waals surface area contributed by atoms with Crippen LogP contribution in [0.3, 0.4) is 0 Å². The van der Waals surface area contributed by atoms with Crippen molar-refractivity contribution in [1.82, 2.24) is 0 Å². The summed E-state index contributed by atoms with van der Waals surface area (Å²) < 4.78 is 0. The molecule has 0 radical (unpaired) electrons. The van der Waals surface area contributed by atoms with Crippen LogP contribution in [-0.4, -0.2) is 17.0 Å². The van der Waals surface area contributed by atoms with Crippen molar-refractivity contribution in [2.45, 2.75) is 12.3 Å². The van der Waals surface area contributed by atoms with E-state index in [0.717, 1.165) is 0 Å². The van der Waals surface area contributed by atoms with Crippen molar-refractivity contribution in [3.8, 4) is 0 Å². The predicted molar refractivity (Wildman–Crippen MR) is 55.1 cm³/mol. The summed E-state index contributed by atoms with van der Waals surface area (Å²) in [6.07, 6.45) is -0.0238.